The van der Waals surface area contributed by atoms with Crippen molar-refractivity contribution in [1.29, 1.82) is 0 Å². The summed E-state index contributed by atoms with van der Waals surface area (Å²) in [4.78, 5) is 21.2. The predicted octanol–water partition coefficient (Wildman–Crippen LogP) is 1.60. The number of rotatable bonds is 4. The number of hydrogen-bond donors (Lipinski definition) is 0. The van der Waals surface area contributed by atoms with Crippen LogP contribution in [0, 0.1) is 11.8 Å². The van der Waals surface area contributed by atoms with Crippen LogP contribution in [-0.4, -0.2) is 59.6 Å². The molecule has 0 saturated carbocycles. The highest BCUT2D eigenvalue weighted by molar-refractivity contribution is 7.09. The Morgan fingerprint density at radius 2 is 2.23 bits per heavy atom. The molecule has 4 rings (SSSR count). The molecular formula is C16H23N3O2S. The number of hydrogen-bond acceptors (Lipinski definition) is 5. The van der Waals surface area contributed by atoms with Crippen LogP contribution in [0.3, 0.4) is 0 Å². The second-order valence-corrected chi connectivity index (χ2v) is 7.69. The third-order valence-corrected chi connectivity index (χ3v) is 6.02. The molecule has 0 bridgehead atoms. The Morgan fingerprint density at radius 3 is 3.00 bits per heavy atom. The van der Waals surface area contributed by atoms with Gasteiger partial charge < -0.3 is 9.64 Å². The number of ether oxygens (including phenoxy) is 1. The summed E-state index contributed by atoms with van der Waals surface area (Å²) in [7, 11) is 0. The number of carbonyl (C=O) groups is 1. The molecule has 1 aromatic heterocycles. The molecule has 1 amide bonds. The second-order valence-electron chi connectivity index (χ2n) is 6.71. The average Bonchev–Trinajstić information content (AvgIpc) is 3.24. The van der Waals surface area contributed by atoms with Crippen LogP contribution in [0.25, 0.3) is 0 Å². The first-order chi connectivity index (χ1) is 10.8. The molecular weight excluding hydrogens is 298 g/mol. The lowest BCUT2D eigenvalue weighted by molar-refractivity contribution is -0.131. The lowest BCUT2D eigenvalue weighted by atomic mass is 9.90. The van der Waals surface area contributed by atoms with Crippen molar-refractivity contribution in [3.63, 3.8) is 0 Å². The highest BCUT2D eigenvalue weighted by Crippen LogP contribution is 2.36. The van der Waals surface area contributed by atoms with Crippen LogP contribution in [0.5, 0.6) is 0 Å². The minimum absolute atomic E-state index is 0.316. The number of carbonyl (C=O) groups excluding carboxylic acids is 1. The Bertz CT molecular complexity index is 515. The lowest BCUT2D eigenvalue weighted by Gasteiger charge is -2.21. The molecule has 3 fully saturated rings. The van der Waals surface area contributed by atoms with Gasteiger partial charge in [0.1, 0.15) is 5.01 Å². The van der Waals surface area contributed by atoms with E-state index in [2.05, 4.69) is 9.88 Å². The summed E-state index contributed by atoms with van der Waals surface area (Å²) < 4.78 is 5.97. The van der Waals surface area contributed by atoms with E-state index in [0.717, 1.165) is 39.3 Å². The van der Waals surface area contributed by atoms with E-state index in [0.29, 0.717) is 30.3 Å². The fourth-order valence-corrected chi connectivity index (χ4v) is 4.72. The maximum absolute atomic E-state index is 12.4. The van der Waals surface area contributed by atoms with Gasteiger partial charge in [0, 0.05) is 50.1 Å². The second kappa shape index (κ2) is 6.26. The third-order valence-electron chi connectivity index (χ3n) is 5.25. The van der Waals surface area contributed by atoms with Gasteiger partial charge in [-0.25, -0.2) is 4.98 Å². The van der Waals surface area contributed by atoms with Crippen LogP contribution in [-0.2, 0) is 16.1 Å². The molecule has 0 aromatic carbocycles. The Hall–Kier alpha value is -0.980. The largest absolute Gasteiger partial charge is 0.376 e. The first-order valence-electron chi connectivity index (χ1n) is 8.29. The Morgan fingerprint density at radius 1 is 1.36 bits per heavy atom. The molecule has 3 aliphatic heterocycles. The van der Waals surface area contributed by atoms with Crippen LogP contribution in [0.2, 0.25) is 0 Å². The molecule has 0 aliphatic carbocycles. The maximum atomic E-state index is 12.4. The van der Waals surface area contributed by atoms with E-state index in [4.69, 9.17) is 4.74 Å². The van der Waals surface area contributed by atoms with Crippen molar-refractivity contribution in [3.05, 3.63) is 16.6 Å². The Balaban J connectivity index is 1.33. The van der Waals surface area contributed by atoms with Gasteiger partial charge >= 0.3 is 0 Å². The predicted molar refractivity (Wildman–Crippen MR) is 84.5 cm³/mol. The molecule has 1 aromatic rings. The number of nitrogens with zero attached hydrogens (tertiary/aromatic N) is 3. The number of amides is 1. The summed E-state index contributed by atoms with van der Waals surface area (Å²) in [5.74, 6) is 1.26. The van der Waals surface area contributed by atoms with Crippen LogP contribution < -0.4 is 0 Å². The first-order valence-corrected chi connectivity index (χ1v) is 9.17. The molecule has 5 nitrogen and oxygen atoms in total. The van der Waals surface area contributed by atoms with Gasteiger partial charge in [-0.2, -0.15) is 0 Å². The quantitative estimate of drug-likeness (QED) is 0.845. The average molecular weight is 321 g/mol. The zero-order chi connectivity index (χ0) is 14.9. The molecule has 4 heterocycles. The normalized spacial score (nSPS) is 31.8. The highest BCUT2D eigenvalue weighted by atomic mass is 32.1. The Kier molecular flexibility index (Phi) is 4.15. The van der Waals surface area contributed by atoms with Gasteiger partial charge in [-0.3, -0.25) is 9.69 Å². The zero-order valence-electron chi connectivity index (χ0n) is 12.8. The van der Waals surface area contributed by atoms with Crippen molar-refractivity contribution < 1.29 is 9.53 Å². The van der Waals surface area contributed by atoms with Gasteiger partial charge in [0.25, 0.3) is 0 Å². The molecule has 3 atom stereocenters. The fourth-order valence-electron chi connectivity index (χ4n) is 4.06. The van der Waals surface area contributed by atoms with Gasteiger partial charge in [-0.05, 0) is 18.8 Å². The van der Waals surface area contributed by atoms with Gasteiger partial charge in [0.2, 0.25) is 5.91 Å². The summed E-state index contributed by atoms with van der Waals surface area (Å²) in [6.07, 6.45) is 5.19. The van der Waals surface area contributed by atoms with E-state index in [9.17, 15) is 4.79 Å². The van der Waals surface area contributed by atoms with E-state index in [1.54, 1.807) is 11.3 Å². The summed E-state index contributed by atoms with van der Waals surface area (Å²) in [6, 6.07) is 0. The SMILES string of the molecule is O=C(C[C@H]1CO[C@@H]2CN(Cc3nccs3)C[C@H]12)N1CCCC1. The monoisotopic (exact) mass is 321 g/mol. The van der Waals surface area contributed by atoms with Crippen molar-refractivity contribution in [2.45, 2.75) is 31.9 Å². The minimum atomic E-state index is 0.316. The van der Waals surface area contributed by atoms with Gasteiger partial charge in [0.15, 0.2) is 0 Å². The van der Waals surface area contributed by atoms with Gasteiger partial charge in [-0.15, -0.1) is 11.3 Å². The van der Waals surface area contributed by atoms with Crippen molar-refractivity contribution in [3.8, 4) is 0 Å². The van der Waals surface area contributed by atoms with Crippen molar-refractivity contribution in [2.24, 2.45) is 11.8 Å². The number of fused-ring (bicyclic) bond motifs is 1. The third kappa shape index (κ3) is 2.92. The highest BCUT2D eigenvalue weighted by Gasteiger charge is 2.44. The molecule has 0 N–H and O–H groups in total. The first kappa shape index (κ1) is 14.6. The van der Waals surface area contributed by atoms with Crippen LogP contribution >= 0.6 is 11.3 Å². The summed E-state index contributed by atoms with van der Waals surface area (Å²) in [5, 5.41) is 3.20. The van der Waals surface area contributed by atoms with Crippen LogP contribution in [0.1, 0.15) is 24.3 Å². The topological polar surface area (TPSA) is 45.7 Å². The molecule has 3 saturated heterocycles. The summed E-state index contributed by atoms with van der Waals surface area (Å²) in [6.45, 7) is 5.62. The lowest BCUT2D eigenvalue weighted by Crippen LogP contribution is -2.32. The molecule has 0 unspecified atom stereocenters. The molecule has 0 spiro atoms. The molecule has 3 aliphatic rings. The van der Waals surface area contributed by atoms with Crippen LogP contribution in [0.4, 0.5) is 0 Å². The van der Waals surface area contributed by atoms with E-state index < -0.39 is 0 Å². The number of likely N-dealkylation sites (tertiary alicyclic amines) is 2. The molecule has 6 heteroatoms. The van der Waals surface area contributed by atoms with E-state index in [1.165, 1.54) is 17.8 Å². The zero-order valence-corrected chi connectivity index (χ0v) is 13.6. The molecule has 22 heavy (non-hydrogen) atoms. The fraction of sp³-hybridized carbons (Fsp3) is 0.750. The van der Waals surface area contributed by atoms with E-state index >= 15 is 0 Å². The molecule has 120 valence electrons. The van der Waals surface area contributed by atoms with E-state index in [1.807, 2.05) is 16.5 Å². The number of aromatic nitrogens is 1. The van der Waals surface area contributed by atoms with Crippen LogP contribution in [0.15, 0.2) is 11.6 Å². The number of thiazole rings is 1. The standard InChI is InChI=1S/C16H23N3O2S/c20-16(19-4-1-2-5-19)7-12-11-21-14-9-18(8-13(12)14)10-15-17-3-6-22-15/h3,6,12-14H,1-2,4-5,7-11H2/t12-,13+,14+/m0/s1. The van der Waals surface area contributed by atoms with E-state index in [-0.39, 0.29) is 0 Å². The summed E-state index contributed by atoms with van der Waals surface area (Å²) in [5.41, 5.74) is 0. The van der Waals surface area contributed by atoms with Gasteiger partial charge in [0.05, 0.1) is 19.3 Å². The van der Waals surface area contributed by atoms with Crippen molar-refractivity contribution in [2.75, 3.05) is 32.8 Å². The molecule has 0 radical (unpaired) electrons. The smallest absolute Gasteiger partial charge is 0.222 e. The maximum Gasteiger partial charge on any atom is 0.222 e. The van der Waals surface area contributed by atoms with Crippen molar-refractivity contribution in [1.82, 2.24) is 14.8 Å². The summed E-state index contributed by atoms with van der Waals surface area (Å²) >= 11 is 1.71. The van der Waals surface area contributed by atoms with Crippen molar-refractivity contribution >= 4 is 17.2 Å². The van der Waals surface area contributed by atoms with Gasteiger partial charge in [-0.1, -0.05) is 0 Å². The Labute approximate surface area is 135 Å². The minimum Gasteiger partial charge on any atom is -0.376 e.